The molecule has 1 aromatic heterocycles. The lowest BCUT2D eigenvalue weighted by Gasteiger charge is -2.07. The first-order valence-electron chi connectivity index (χ1n) is 5.68. The molecule has 0 unspecified atom stereocenters. The Hall–Kier alpha value is -1.58. The first kappa shape index (κ1) is 12.9. The number of ether oxygens (including phenoxy) is 1. The van der Waals surface area contributed by atoms with Crippen LogP contribution in [0.3, 0.4) is 0 Å². The van der Waals surface area contributed by atoms with E-state index >= 15 is 0 Å². The number of halogens is 1. The van der Waals surface area contributed by atoms with Gasteiger partial charge in [-0.1, -0.05) is 23.7 Å². The first-order chi connectivity index (χ1) is 8.74. The molecule has 1 aromatic carbocycles. The Morgan fingerprint density at radius 3 is 2.56 bits per heavy atom. The molecule has 94 valence electrons. The van der Waals surface area contributed by atoms with Crippen LogP contribution in [0, 0.1) is 0 Å². The van der Waals surface area contributed by atoms with Gasteiger partial charge in [-0.25, -0.2) is 0 Å². The van der Waals surface area contributed by atoms with Crippen LogP contribution < -0.4 is 10.1 Å². The van der Waals surface area contributed by atoms with Crippen LogP contribution in [0.1, 0.15) is 5.69 Å². The van der Waals surface area contributed by atoms with Crippen molar-refractivity contribution in [2.24, 2.45) is 0 Å². The van der Waals surface area contributed by atoms with Crippen LogP contribution in [0.5, 0.6) is 5.75 Å². The molecule has 2 aromatic rings. The van der Waals surface area contributed by atoms with E-state index < -0.39 is 0 Å². The van der Waals surface area contributed by atoms with Crippen molar-refractivity contribution in [3.05, 3.63) is 47.2 Å². The average molecular weight is 263 g/mol. The van der Waals surface area contributed by atoms with E-state index in [0.717, 1.165) is 23.4 Å². The summed E-state index contributed by atoms with van der Waals surface area (Å²) in [7, 11) is 3.51. The third-order valence-corrected chi connectivity index (χ3v) is 2.96. The lowest BCUT2D eigenvalue weighted by atomic mass is 10.1. The summed E-state index contributed by atoms with van der Waals surface area (Å²) in [5, 5.41) is 3.67. The van der Waals surface area contributed by atoms with E-state index in [1.54, 1.807) is 7.11 Å². The summed E-state index contributed by atoms with van der Waals surface area (Å²) in [4.78, 5) is 4.38. The van der Waals surface area contributed by atoms with Crippen LogP contribution in [0.25, 0.3) is 11.1 Å². The van der Waals surface area contributed by atoms with Gasteiger partial charge in [0.15, 0.2) is 0 Å². The number of methoxy groups -OCH3 is 1. The largest absolute Gasteiger partial charge is 0.495 e. The number of rotatable bonds is 4. The van der Waals surface area contributed by atoms with Crippen molar-refractivity contribution in [3.8, 4) is 16.9 Å². The summed E-state index contributed by atoms with van der Waals surface area (Å²) >= 11 is 6.11. The van der Waals surface area contributed by atoms with Crippen LogP contribution in [0.4, 0.5) is 0 Å². The highest BCUT2D eigenvalue weighted by Gasteiger charge is 2.04. The minimum atomic E-state index is 0.606. The van der Waals surface area contributed by atoms with Crippen LogP contribution in [0.2, 0.25) is 5.02 Å². The highest BCUT2D eigenvalue weighted by atomic mass is 35.5. The maximum atomic E-state index is 6.11. The number of aromatic nitrogens is 1. The second-order valence-corrected chi connectivity index (χ2v) is 4.33. The summed E-state index contributed by atoms with van der Waals surface area (Å²) in [5.74, 6) is 0.681. The Kier molecular flexibility index (Phi) is 4.18. The van der Waals surface area contributed by atoms with Gasteiger partial charge in [-0.15, -0.1) is 0 Å². The van der Waals surface area contributed by atoms with Gasteiger partial charge in [-0.05, 0) is 30.8 Å². The SMILES string of the molecule is CNCc1ccc(-c2ccc(OC)c(Cl)c2)cn1. The summed E-state index contributed by atoms with van der Waals surface area (Å²) in [6.07, 6.45) is 1.85. The van der Waals surface area contributed by atoms with E-state index in [2.05, 4.69) is 10.3 Å². The van der Waals surface area contributed by atoms with E-state index in [1.165, 1.54) is 0 Å². The summed E-state index contributed by atoms with van der Waals surface area (Å²) < 4.78 is 5.13. The van der Waals surface area contributed by atoms with Gasteiger partial charge in [0.2, 0.25) is 0 Å². The number of pyridine rings is 1. The van der Waals surface area contributed by atoms with Gasteiger partial charge >= 0.3 is 0 Å². The average Bonchev–Trinajstić information content (AvgIpc) is 2.40. The Labute approximate surface area is 112 Å². The van der Waals surface area contributed by atoms with Crippen molar-refractivity contribution in [1.29, 1.82) is 0 Å². The normalized spacial score (nSPS) is 10.4. The van der Waals surface area contributed by atoms with Crippen molar-refractivity contribution >= 4 is 11.6 Å². The van der Waals surface area contributed by atoms with Gasteiger partial charge in [0.25, 0.3) is 0 Å². The number of hydrogen-bond acceptors (Lipinski definition) is 3. The highest BCUT2D eigenvalue weighted by Crippen LogP contribution is 2.29. The second-order valence-electron chi connectivity index (χ2n) is 3.92. The molecule has 0 amide bonds. The van der Waals surface area contributed by atoms with E-state index in [9.17, 15) is 0 Å². The van der Waals surface area contributed by atoms with Gasteiger partial charge in [0.05, 0.1) is 17.8 Å². The van der Waals surface area contributed by atoms with Crippen molar-refractivity contribution in [3.63, 3.8) is 0 Å². The van der Waals surface area contributed by atoms with Crippen LogP contribution in [-0.2, 0) is 6.54 Å². The van der Waals surface area contributed by atoms with E-state index in [-0.39, 0.29) is 0 Å². The Bertz CT molecular complexity index is 526. The summed E-state index contributed by atoms with van der Waals surface area (Å²) in [5.41, 5.74) is 3.09. The van der Waals surface area contributed by atoms with Gasteiger partial charge in [0, 0.05) is 18.3 Å². The Morgan fingerprint density at radius 1 is 1.22 bits per heavy atom. The van der Waals surface area contributed by atoms with E-state index in [0.29, 0.717) is 10.8 Å². The molecular formula is C14H15ClN2O. The zero-order chi connectivity index (χ0) is 13.0. The minimum Gasteiger partial charge on any atom is -0.495 e. The Balaban J connectivity index is 2.28. The van der Waals surface area contributed by atoms with Gasteiger partial charge in [0.1, 0.15) is 5.75 Å². The molecule has 1 N–H and O–H groups in total. The number of nitrogens with zero attached hydrogens (tertiary/aromatic N) is 1. The first-order valence-corrected chi connectivity index (χ1v) is 6.06. The molecule has 0 spiro atoms. The maximum absolute atomic E-state index is 6.11. The maximum Gasteiger partial charge on any atom is 0.137 e. The molecule has 0 aliphatic carbocycles. The zero-order valence-corrected chi connectivity index (χ0v) is 11.2. The molecule has 3 nitrogen and oxygen atoms in total. The monoisotopic (exact) mass is 262 g/mol. The molecule has 0 radical (unpaired) electrons. The van der Waals surface area contributed by atoms with Gasteiger partial charge in [-0.2, -0.15) is 0 Å². The molecule has 0 atom stereocenters. The fraction of sp³-hybridized carbons (Fsp3) is 0.214. The highest BCUT2D eigenvalue weighted by molar-refractivity contribution is 6.32. The number of nitrogens with one attached hydrogen (secondary N) is 1. The van der Waals surface area contributed by atoms with E-state index in [4.69, 9.17) is 16.3 Å². The summed E-state index contributed by atoms with van der Waals surface area (Å²) in [6.45, 7) is 0.768. The van der Waals surface area contributed by atoms with Crippen molar-refractivity contribution in [2.75, 3.05) is 14.2 Å². The molecule has 0 saturated carbocycles. The minimum absolute atomic E-state index is 0.606. The fourth-order valence-electron chi connectivity index (χ4n) is 1.73. The molecule has 0 aliphatic heterocycles. The third-order valence-electron chi connectivity index (χ3n) is 2.67. The molecule has 0 saturated heterocycles. The molecular weight excluding hydrogens is 248 g/mol. The van der Waals surface area contributed by atoms with Crippen molar-refractivity contribution in [2.45, 2.75) is 6.54 Å². The lowest BCUT2D eigenvalue weighted by molar-refractivity contribution is 0.415. The standard InChI is InChI=1S/C14H15ClN2O/c1-16-9-12-5-3-11(8-17-12)10-4-6-14(18-2)13(15)7-10/h3-8,16H,9H2,1-2H3. The van der Waals surface area contributed by atoms with Gasteiger partial charge < -0.3 is 10.1 Å². The topological polar surface area (TPSA) is 34.1 Å². The molecule has 0 fully saturated rings. The van der Waals surface area contributed by atoms with Crippen LogP contribution >= 0.6 is 11.6 Å². The van der Waals surface area contributed by atoms with E-state index in [1.807, 2.05) is 43.6 Å². The Morgan fingerprint density at radius 2 is 2.00 bits per heavy atom. The second kappa shape index (κ2) is 5.85. The zero-order valence-electron chi connectivity index (χ0n) is 10.4. The summed E-state index contributed by atoms with van der Waals surface area (Å²) in [6, 6.07) is 9.76. The van der Waals surface area contributed by atoms with Gasteiger partial charge in [-0.3, -0.25) is 4.98 Å². The fourth-order valence-corrected chi connectivity index (χ4v) is 1.98. The predicted molar refractivity (Wildman–Crippen MR) is 74.0 cm³/mol. The number of benzene rings is 1. The quantitative estimate of drug-likeness (QED) is 0.919. The predicted octanol–water partition coefficient (Wildman–Crippen LogP) is 3.13. The van der Waals surface area contributed by atoms with Crippen molar-refractivity contribution < 1.29 is 4.74 Å². The number of hydrogen-bond donors (Lipinski definition) is 1. The lowest BCUT2D eigenvalue weighted by Crippen LogP contribution is -2.06. The molecule has 0 bridgehead atoms. The molecule has 2 rings (SSSR count). The smallest absolute Gasteiger partial charge is 0.137 e. The molecule has 4 heteroatoms. The third kappa shape index (κ3) is 2.81. The molecule has 18 heavy (non-hydrogen) atoms. The van der Waals surface area contributed by atoms with Crippen molar-refractivity contribution in [1.82, 2.24) is 10.3 Å². The van der Waals surface area contributed by atoms with Crippen LogP contribution in [-0.4, -0.2) is 19.1 Å². The van der Waals surface area contributed by atoms with Crippen LogP contribution in [0.15, 0.2) is 36.5 Å². The molecule has 0 aliphatic rings. The molecule has 1 heterocycles.